The Kier molecular flexibility index (Phi) is 4.57. The third kappa shape index (κ3) is 4.91. The smallest absolute Gasteiger partial charge is 0.497 e. The van der Waals surface area contributed by atoms with Gasteiger partial charge in [0.2, 0.25) is 0 Å². The molecule has 0 aromatic heterocycles. The van der Waals surface area contributed by atoms with Crippen molar-refractivity contribution in [1.29, 1.82) is 0 Å². The first kappa shape index (κ1) is 15.0. The Balaban J connectivity index is 1.94. The van der Waals surface area contributed by atoms with Crippen LogP contribution in [-0.4, -0.2) is 13.5 Å². The van der Waals surface area contributed by atoms with E-state index in [0.717, 1.165) is 11.3 Å². The number of ether oxygens (including phenoxy) is 2. The summed E-state index contributed by atoms with van der Waals surface area (Å²) in [5.74, 6) is 0.512. The maximum atomic E-state index is 12.0. The van der Waals surface area contributed by atoms with Crippen LogP contribution >= 0.6 is 0 Å². The summed E-state index contributed by atoms with van der Waals surface area (Å²) < 4.78 is 45.0. The van der Waals surface area contributed by atoms with E-state index in [-0.39, 0.29) is 5.75 Å². The van der Waals surface area contributed by atoms with Gasteiger partial charge in [0.25, 0.3) is 0 Å². The van der Waals surface area contributed by atoms with Gasteiger partial charge in [-0.15, -0.1) is 13.2 Å². The normalized spacial score (nSPS) is 11.0. The number of nitrogens with one attached hydrogen (secondary N) is 1. The Morgan fingerprint density at radius 1 is 1.00 bits per heavy atom. The van der Waals surface area contributed by atoms with E-state index in [0.29, 0.717) is 12.2 Å². The average Bonchev–Trinajstić information content (AvgIpc) is 2.45. The van der Waals surface area contributed by atoms with Crippen LogP contribution in [0, 0.1) is 0 Å². The van der Waals surface area contributed by atoms with Gasteiger partial charge in [0, 0.05) is 12.2 Å². The second kappa shape index (κ2) is 6.39. The average molecular weight is 297 g/mol. The number of hydrogen-bond donors (Lipinski definition) is 1. The zero-order valence-corrected chi connectivity index (χ0v) is 11.3. The summed E-state index contributed by atoms with van der Waals surface area (Å²) in [5.41, 5.74) is 1.71. The van der Waals surface area contributed by atoms with Gasteiger partial charge < -0.3 is 14.8 Å². The molecule has 0 amide bonds. The Labute approximate surface area is 120 Å². The fraction of sp³-hybridized carbons (Fsp3) is 0.200. The van der Waals surface area contributed by atoms with Crippen molar-refractivity contribution in [3.8, 4) is 11.5 Å². The van der Waals surface area contributed by atoms with E-state index in [2.05, 4.69) is 10.1 Å². The summed E-state index contributed by atoms with van der Waals surface area (Å²) in [6.07, 6.45) is -4.67. The molecule has 0 spiro atoms. The van der Waals surface area contributed by atoms with Gasteiger partial charge in [-0.25, -0.2) is 0 Å². The summed E-state index contributed by atoms with van der Waals surface area (Å²) in [6.45, 7) is 0.538. The molecule has 0 atom stereocenters. The fourth-order valence-electron chi connectivity index (χ4n) is 1.76. The first-order chi connectivity index (χ1) is 9.96. The summed E-state index contributed by atoms with van der Waals surface area (Å²) in [7, 11) is 1.59. The molecule has 3 nitrogen and oxygen atoms in total. The predicted molar refractivity (Wildman–Crippen MR) is 73.4 cm³/mol. The van der Waals surface area contributed by atoms with Crippen LogP contribution in [-0.2, 0) is 6.54 Å². The van der Waals surface area contributed by atoms with Crippen LogP contribution in [0.2, 0.25) is 0 Å². The Hall–Kier alpha value is -2.37. The van der Waals surface area contributed by atoms with Crippen molar-refractivity contribution < 1.29 is 22.6 Å². The zero-order chi connectivity index (χ0) is 15.3. The number of halogens is 3. The van der Waals surface area contributed by atoms with Gasteiger partial charge in [0.1, 0.15) is 11.5 Å². The number of rotatable bonds is 5. The molecule has 0 saturated heterocycles. The standard InChI is InChI=1S/C15H14F3NO2/c1-20-14-4-2-3-11(9-14)10-19-12-5-7-13(8-6-12)21-15(16,17)18/h2-9,19H,10H2,1H3. The van der Waals surface area contributed by atoms with Gasteiger partial charge in [-0.1, -0.05) is 12.1 Å². The van der Waals surface area contributed by atoms with Crippen LogP contribution in [0.15, 0.2) is 48.5 Å². The van der Waals surface area contributed by atoms with Crippen molar-refractivity contribution >= 4 is 5.69 Å². The van der Waals surface area contributed by atoms with Crippen molar-refractivity contribution in [2.45, 2.75) is 12.9 Å². The van der Waals surface area contributed by atoms with Crippen LogP contribution in [0.3, 0.4) is 0 Å². The highest BCUT2D eigenvalue weighted by molar-refractivity contribution is 5.47. The molecule has 0 heterocycles. The van der Waals surface area contributed by atoms with E-state index >= 15 is 0 Å². The van der Waals surface area contributed by atoms with E-state index in [1.165, 1.54) is 24.3 Å². The molecule has 0 saturated carbocycles. The van der Waals surface area contributed by atoms with Crippen LogP contribution < -0.4 is 14.8 Å². The molecule has 6 heteroatoms. The van der Waals surface area contributed by atoms with Crippen molar-refractivity contribution in [3.05, 3.63) is 54.1 Å². The van der Waals surface area contributed by atoms with E-state index in [1.807, 2.05) is 24.3 Å². The van der Waals surface area contributed by atoms with Crippen molar-refractivity contribution in [3.63, 3.8) is 0 Å². The minimum absolute atomic E-state index is 0.241. The van der Waals surface area contributed by atoms with Gasteiger partial charge >= 0.3 is 6.36 Å². The molecular formula is C15H14F3NO2. The monoisotopic (exact) mass is 297 g/mol. The first-order valence-electron chi connectivity index (χ1n) is 6.19. The molecule has 2 rings (SSSR count). The molecule has 21 heavy (non-hydrogen) atoms. The fourth-order valence-corrected chi connectivity index (χ4v) is 1.76. The molecular weight excluding hydrogens is 283 g/mol. The molecule has 0 aliphatic carbocycles. The number of hydrogen-bond acceptors (Lipinski definition) is 3. The molecule has 0 aliphatic rings. The highest BCUT2D eigenvalue weighted by Gasteiger charge is 2.30. The van der Waals surface area contributed by atoms with Crippen molar-refractivity contribution in [1.82, 2.24) is 0 Å². The van der Waals surface area contributed by atoms with Crippen LogP contribution in [0.1, 0.15) is 5.56 Å². The maximum Gasteiger partial charge on any atom is 0.573 e. The minimum atomic E-state index is -4.67. The van der Waals surface area contributed by atoms with Crippen molar-refractivity contribution in [2.75, 3.05) is 12.4 Å². The lowest BCUT2D eigenvalue weighted by molar-refractivity contribution is -0.274. The van der Waals surface area contributed by atoms with Gasteiger partial charge in [-0.05, 0) is 42.0 Å². The Morgan fingerprint density at radius 3 is 2.33 bits per heavy atom. The lowest BCUT2D eigenvalue weighted by Gasteiger charge is -2.11. The third-order valence-corrected chi connectivity index (χ3v) is 2.72. The second-order valence-electron chi connectivity index (χ2n) is 4.28. The maximum absolute atomic E-state index is 12.0. The number of benzene rings is 2. The van der Waals surface area contributed by atoms with E-state index in [9.17, 15) is 13.2 Å². The Morgan fingerprint density at radius 2 is 1.71 bits per heavy atom. The quantitative estimate of drug-likeness (QED) is 0.897. The molecule has 0 fully saturated rings. The molecule has 0 bridgehead atoms. The molecule has 2 aromatic rings. The predicted octanol–water partition coefficient (Wildman–Crippen LogP) is 4.21. The second-order valence-corrected chi connectivity index (χ2v) is 4.28. The van der Waals surface area contributed by atoms with Crippen LogP contribution in [0.25, 0.3) is 0 Å². The Bertz CT molecular complexity index is 582. The minimum Gasteiger partial charge on any atom is -0.497 e. The topological polar surface area (TPSA) is 30.5 Å². The highest BCUT2D eigenvalue weighted by atomic mass is 19.4. The molecule has 0 radical (unpaired) electrons. The number of alkyl halides is 3. The van der Waals surface area contributed by atoms with Gasteiger partial charge in [0.15, 0.2) is 0 Å². The summed E-state index contributed by atoms with van der Waals surface area (Å²) in [4.78, 5) is 0. The number of anilines is 1. The molecule has 1 N–H and O–H groups in total. The summed E-state index contributed by atoms with van der Waals surface area (Å²) >= 11 is 0. The van der Waals surface area contributed by atoms with Gasteiger partial charge in [-0.3, -0.25) is 0 Å². The molecule has 112 valence electrons. The SMILES string of the molecule is COc1cccc(CNc2ccc(OC(F)(F)F)cc2)c1. The third-order valence-electron chi connectivity index (χ3n) is 2.72. The largest absolute Gasteiger partial charge is 0.573 e. The van der Waals surface area contributed by atoms with E-state index < -0.39 is 6.36 Å². The number of methoxy groups -OCH3 is 1. The molecule has 0 unspecified atom stereocenters. The van der Waals surface area contributed by atoms with Gasteiger partial charge in [-0.2, -0.15) is 0 Å². The summed E-state index contributed by atoms with van der Waals surface area (Å²) in [5, 5.41) is 3.11. The lowest BCUT2D eigenvalue weighted by Crippen LogP contribution is -2.17. The summed E-state index contributed by atoms with van der Waals surface area (Å²) in [6, 6.07) is 13.1. The lowest BCUT2D eigenvalue weighted by atomic mass is 10.2. The molecule has 0 aliphatic heterocycles. The van der Waals surface area contributed by atoms with Crippen LogP contribution in [0.5, 0.6) is 11.5 Å². The van der Waals surface area contributed by atoms with Crippen LogP contribution in [0.4, 0.5) is 18.9 Å². The van der Waals surface area contributed by atoms with Crippen molar-refractivity contribution in [2.24, 2.45) is 0 Å². The highest BCUT2D eigenvalue weighted by Crippen LogP contribution is 2.24. The molecule has 2 aromatic carbocycles. The van der Waals surface area contributed by atoms with E-state index in [4.69, 9.17) is 4.74 Å². The van der Waals surface area contributed by atoms with Gasteiger partial charge in [0.05, 0.1) is 7.11 Å². The van der Waals surface area contributed by atoms with E-state index in [1.54, 1.807) is 7.11 Å². The first-order valence-corrected chi connectivity index (χ1v) is 6.19. The zero-order valence-electron chi connectivity index (χ0n) is 11.3.